The van der Waals surface area contributed by atoms with Gasteiger partial charge >= 0.3 is 0 Å². The first-order valence-electron chi connectivity index (χ1n) is 10.8. The van der Waals surface area contributed by atoms with E-state index in [0.29, 0.717) is 17.7 Å². The summed E-state index contributed by atoms with van der Waals surface area (Å²) in [6.07, 6.45) is 2.84. The molecule has 4 rings (SSSR count). The predicted molar refractivity (Wildman–Crippen MR) is 127 cm³/mol. The van der Waals surface area contributed by atoms with Gasteiger partial charge in [0.1, 0.15) is 17.7 Å². The van der Waals surface area contributed by atoms with Crippen molar-refractivity contribution >= 4 is 21.0 Å². The van der Waals surface area contributed by atoms with Crippen LogP contribution in [0.2, 0.25) is 0 Å². The van der Waals surface area contributed by atoms with Crippen LogP contribution >= 0.6 is 0 Å². The van der Waals surface area contributed by atoms with Crippen LogP contribution in [0.5, 0.6) is 5.75 Å². The number of hydrogen-bond acceptors (Lipinski definition) is 3. The number of ether oxygens (including phenoxy) is 1. The molecule has 1 aromatic heterocycles. The third kappa shape index (κ3) is 4.65. The van der Waals surface area contributed by atoms with E-state index in [4.69, 9.17) is 4.74 Å². The van der Waals surface area contributed by atoms with Gasteiger partial charge in [0.25, 0.3) is 10.1 Å². The van der Waals surface area contributed by atoms with Crippen LogP contribution in [0.25, 0.3) is 16.6 Å². The zero-order valence-electron chi connectivity index (χ0n) is 18.7. The number of halogens is 1. The molecular formula is C26H26FNO4S. The lowest BCUT2D eigenvalue weighted by Crippen LogP contribution is -2.09. The number of benzene rings is 3. The van der Waals surface area contributed by atoms with Crippen LogP contribution in [0.15, 0.2) is 71.8 Å². The second kappa shape index (κ2) is 9.00. The highest BCUT2D eigenvalue weighted by molar-refractivity contribution is 7.85. The Labute approximate surface area is 193 Å². The van der Waals surface area contributed by atoms with Gasteiger partial charge in [-0.2, -0.15) is 8.42 Å². The Morgan fingerprint density at radius 1 is 1.06 bits per heavy atom. The molecule has 0 saturated heterocycles. The summed E-state index contributed by atoms with van der Waals surface area (Å²) >= 11 is 0. The smallest absolute Gasteiger partial charge is 0.294 e. The average molecular weight is 468 g/mol. The third-order valence-corrected chi connectivity index (χ3v) is 6.72. The second-order valence-corrected chi connectivity index (χ2v) is 9.54. The first-order valence-corrected chi connectivity index (χ1v) is 12.3. The number of rotatable bonds is 7. The topological polar surface area (TPSA) is 68.5 Å². The van der Waals surface area contributed by atoms with Gasteiger partial charge in [-0.15, -0.1) is 0 Å². The van der Waals surface area contributed by atoms with E-state index in [1.165, 1.54) is 18.2 Å². The van der Waals surface area contributed by atoms with E-state index in [-0.39, 0.29) is 16.8 Å². The van der Waals surface area contributed by atoms with Crippen molar-refractivity contribution in [3.8, 4) is 11.4 Å². The summed E-state index contributed by atoms with van der Waals surface area (Å²) in [5, 5.41) is 0.968. The van der Waals surface area contributed by atoms with Crippen LogP contribution in [0.1, 0.15) is 43.1 Å². The molecule has 33 heavy (non-hydrogen) atoms. The Balaban J connectivity index is 1.81. The van der Waals surface area contributed by atoms with Gasteiger partial charge in [-0.05, 0) is 73.4 Å². The maximum atomic E-state index is 13.2. The predicted octanol–water partition coefficient (Wildman–Crippen LogP) is 6.42. The van der Waals surface area contributed by atoms with E-state index in [1.54, 1.807) is 18.2 Å². The number of nitrogens with zero attached hydrogens (tertiary/aromatic N) is 1. The molecule has 1 atom stereocenters. The monoisotopic (exact) mass is 467 g/mol. The molecule has 0 amide bonds. The third-order valence-electron chi connectivity index (χ3n) is 5.78. The van der Waals surface area contributed by atoms with Crippen molar-refractivity contribution in [3.05, 3.63) is 89.4 Å². The summed E-state index contributed by atoms with van der Waals surface area (Å²) in [4.78, 5) is -0.0656. The molecule has 1 heterocycles. The molecule has 7 heteroatoms. The minimum atomic E-state index is -4.36. The SMILES string of the molecule is CCCc1c(S(=O)(=O)O)ccc(C)c1-n1ccc2ccc(OC(C)c3ccc(F)cc3)cc21. The molecule has 0 aliphatic heterocycles. The van der Waals surface area contributed by atoms with Crippen molar-refractivity contribution in [2.45, 2.75) is 44.6 Å². The first kappa shape index (κ1) is 23.0. The van der Waals surface area contributed by atoms with Crippen molar-refractivity contribution < 1.29 is 22.1 Å². The Bertz CT molecular complexity index is 1410. The molecular weight excluding hydrogens is 441 g/mol. The molecule has 4 aromatic rings. The van der Waals surface area contributed by atoms with Crippen LogP contribution in [-0.4, -0.2) is 17.5 Å². The quantitative estimate of drug-likeness (QED) is 0.319. The Morgan fingerprint density at radius 2 is 1.79 bits per heavy atom. The van der Waals surface area contributed by atoms with Crippen molar-refractivity contribution in [1.29, 1.82) is 0 Å². The highest BCUT2D eigenvalue weighted by Gasteiger charge is 2.21. The summed E-state index contributed by atoms with van der Waals surface area (Å²) in [6, 6.07) is 17.1. The zero-order chi connectivity index (χ0) is 23.8. The van der Waals surface area contributed by atoms with Crippen LogP contribution in [0.3, 0.4) is 0 Å². The summed E-state index contributed by atoms with van der Waals surface area (Å²) in [7, 11) is -4.36. The highest BCUT2D eigenvalue weighted by Crippen LogP contribution is 2.33. The molecule has 0 spiro atoms. The average Bonchev–Trinajstić information content (AvgIpc) is 3.16. The lowest BCUT2D eigenvalue weighted by atomic mass is 10.0. The minimum Gasteiger partial charge on any atom is -0.486 e. The van der Waals surface area contributed by atoms with E-state index in [0.717, 1.165) is 34.1 Å². The van der Waals surface area contributed by atoms with Gasteiger partial charge in [-0.1, -0.05) is 31.5 Å². The molecule has 0 fully saturated rings. The fourth-order valence-electron chi connectivity index (χ4n) is 4.19. The van der Waals surface area contributed by atoms with E-state index in [2.05, 4.69) is 0 Å². The van der Waals surface area contributed by atoms with Gasteiger partial charge in [0.15, 0.2) is 0 Å². The molecule has 1 unspecified atom stereocenters. The van der Waals surface area contributed by atoms with Crippen molar-refractivity contribution in [2.75, 3.05) is 0 Å². The largest absolute Gasteiger partial charge is 0.486 e. The van der Waals surface area contributed by atoms with Gasteiger partial charge < -0.3 is 9.30 Å². The van der Waals surface area contributed by atoms with Crippen LogP contribution in [-0.2, 0) is 16.5 Å². The van der Waals surface area contributed by atoms with Crippen LogP contribution in [0, 0.1) is 12.7 Å². The Morgan fingerprint density at radius 3 is 2.45 bits per heavy atom. The molecule has 0 radical (unpaired) electrons. The van der Waals surface area contributed by atoms with E-state index in [1.807, 2.05) is 55.8 Å². The lowest BCUT2D eigenvalue weighted by Gasteiger charge is -2.19. The Kier molecular flexibility index (Phi) is 6.28. The molecule has 1 N–H and O–H groups in total. The molecule has 172 valence electrons. The van der Waals surface area contributed by atoms with Crippen LogP contribution < -0.4 is 4.74 Å². The van der Waals surface area contributed by atoms with Crippen molar-refractivity contribution in [2.24, 2.45) is 0 Å². The summed E-state index contributed by atoms with van der Waals surface area (Å²) in [5.74, 6) is 0.343. The van der Waals surface area contributed by atoms with Crippen molar-refractivity contribution in [3.63, 3.8) is 0 Å². The van der Waals surface area contributed by atoms with E-state index < -0.39 is 10.1 Å². The maximum absolute atomic E-state index is 13.2. The number of fused-ring (bicyclic) bond motifs is 1. The first-order chi connectivity index (χ1) is 15.7. The van der Waals surface area contributed by atoms with Gasteiger partial charge in [0.2, 0.25) is 0 Å². The number of hydrogen-bond donors (Lipinski definition) is 1. The molecule has 3 aromatic carbocycles. The summed E-state index contributed by atoms with van der Waals surface area (Å²) in [6.45, 7) is 5.79. The van der Waals surface area contributed by atoms with Gasteiger partial charge in [0, 0.05) is 17.6 Å². The fourth-order valence-corrected chi connectivity index (χ4v) is 4.94. The molecule has 0 bridgehead atoms. The van der Waals surface area contributed by atoms with E-state index >= 15 is 0 Å². The number of aromatic nitrogens is 1. The van der Waals surface area contributed by atoms with Crippen molar-refractivity contribution in [1.82, 2.24) is 4.57 Å². The molecule has 0 aliphatic carbocycles. The van der Waals surface area contributed by atoms with Crippen LogP contribution in [0.4, 0.5) is 4.39 Å². The normalized spacial score (nSPS) is 12.8. The second-order valence-electron chi connectivity index (χ2n) is 8.15. The minimum absolute atomic E-state index is 0.0656. The lowest BCUT2D eigenvalue weighted by molar-refractivity contribution is 0.227. The maximum Gasteiger partial charge on any atom is 0.294 e. The summed E-state index contributed by atoms with van der Waals surface area (Å²) in [5.41, 5.74) is 3.93. The fraction of sp³-hybridized carbons (Fsp3) is 0.231. The van der Waals surface area contributed by atoms with E-state index in [9.17, 15) is 17.4 Å². The van der Waals surface area contributed by atoms with Gasteiger partial charge in [0.05, 0.1) is 16.1 Å². The Hall–Kier alpha value is -3.16. The molecule has 0 saturated carbocycles. The molecule has 5 nitrogen and oxygen atoms in total. The van der Waals surface area contributed by atoms with Gasteiger partial charge in [-0.25, -0.2) is 4.39 Å². The number of aryl methyl sites for hydroxylation is 1. The zero-order valence-corrected chi connectivity index (χ0v) is 19.6. The summed E-state index contributed by atoms with van der Waals surface area (Å²) < 4.78 is 55.2. The van der Waals surface area contributed by atoms with Gasteiger partial charge in [-0.3, -0.25) is 4.55 Å². The molecule has 0 aliphatic rings. The highest BCUT2D eigenvalue weighted by atomic mass is 32.2. The standard InChI is InChI=1S/C26H26FNO4S/c1-4-5-23-25(33(29,30)31)13-6-17(2)26(23)28-15-14-20-9-12-22(16-24(20)28)32-18(3)19-7-10-21(27)11-8-19/h6-16,18H,4-5H2,1-3H3,(H,29,30,31).